The first-order valence-electron chi connectivity index (χ1n) is 7.89. The number of hydrogen-bond acceptors (Lipinski definition) is 7. The van der Waals surface area contributed by atoms with Gasteiger partial charge in [0.15, 0.2) is 5.82 Å². The second-order valence-corrected chi connectivity index (χ2v) is 6.11. The van der Waals surface area contributed by atoms with Crippen LogP contribution in [0.4, 0.5) is 0 Å². The molecule has 1 aliphatic rings. The minimum absolute atomic E-state index is 0.0864. The van der Waals surface area contributed by atoms with Gasteiger partial charge in [0, 0.05) is 18.8 Å². The normalized spacial score (nSPS) is 16.6. The fraction of sp³-hybridized carbons (Fsp3) is 0.467. The highest BCUT2D eigenvalue weighted by molar-refractivity contribution is 5.91. The van der Waals surface area contributed by atoms with Gasteiger partial charge in [-0.15, -0.1) is 5.10 Å². The maximum Gasteiger partial charge on any atom is 0.291 e. The van der Waals surface area contributed by atoms with E-state index in [1.54, 1.807) is 17.6 Å². The van der Waals surface area contributed by atoms with Crippen molar-refractivity contribution in [3.05, 3.63) is 35.5 Å². The third-order valence-corrected chi connectivity index (χ3v) is 4.40. The molecule has 3 aromatic heterocycles. The Kier molecular flexibility index (Phi) is 3.29. The summed E-state index contributed by atoms with van der Waals surface area (Å²) in [7, 11) is 0. The van der Waals surface area contributed by atoms with Gasteiger partial charge in [0.05, 0.1) is 0 Å². The molecular formula is C15H17N7O2. The highest BCUT2D eigenvalue weighted by Gasteiger charge is 2.42. The van der Waals surface area contributed by atoms with E-state index in [1.165, 1.54) is 0 Å². The predicted octanol–water partition coefficient (Wildman–Crippen LogP) is 1.32. The van der Waals surface area contributed by atoms with Crippen LogP contribution >= 0.6 is 0 Å². The molecule has 0 saturated heterocycles. The van der Waals surface area contributed by atoms with Crippen LogP contribution < -0.4 is 5.32 Å². The van der Waals surface area contributed by atoms with Gasteiger partial charge in [0.2, 0.25) is 11.7 Å². The minimum atomic E-state index is -0.616. The molecule has 1 aliphatic carbocycles. The summed E-state index contributed by atoms with van der Waals surface area (Å²) in [4.78, 5) is 25.4. The molecular weight excluding hydrogens is 310 g/mol. The Hall–Kier alpha value is -2.84. The number of hydrogen-bond donors (Lipinski definition) is 1. The number of fused-ring (bicyclic) bond motifs is 1. The van der Waals surface area contributed by atoms with Crippen molar-refractivity contribution in [2.75, 3.05) is 0 Å². The number of aryl methyl sites for hydroxylation is 2. The maximum atomic E-state index is 12.7. The van der Waals surface area contributed by atoms with Crippen molar-refractivity contribution < 1.29 is 9.32 Å². The summed E-state index contributed by atoms with van der Waals surface area (Å²) in [5, 5.41) is 11.3. The fourth-order valence-electron chi connectivity index (χ4n) is 3.15. The molecule has 9 nitrogen and oxygen atoms in total. The summed E-state index contributed by atoms with van der Waals surface area (Å²) in [5.74, 6) is 1.13. The van der Waals surface area contributed by atoms with Gasteiger partial charge >= 0.3 is 0 Å². The van der Waals surface area contributed by atoms with Crippen LogP contribution in [-0.4, -0.2) is 35.6 Å². The molecule has 0 spiro atoms. The number of amides is 1. The first-order valence-corrected chi connectivity index (χ1v) is 7.89. The van der Waals surface area contributed by atoms with E-state index in [0.717, 1.165) is 31.4 Å². The second-order valence-electron chi connectivity index (χ2n) is 6.11. The first-order chi connectivity index (χ1) is 11.6. The summed E-state index contributed by atoms with van der Waals surface area (Å²) >= 11 is 0. The second kappa shape index (κ2) is 5.36. The lowest BCUT2D eigenvalue weighted by Crippen LogP contribution is -2.45. The lowest BCUT2D eigenvalue weighted by atomic mass is 9.96. The molecule has 0 unspecified atom stereocenters. The number of carbonyl (C=O) groups excluding carboxylic acids is 1. The SMILES string of the molecule is Cc1nc(C2(NC(=O)c3nc4nccc(C)n4n3)CCCC2)no1. The number of nitrogens with one attached hydrogen (secondary N) is 1. The number of aromatic nitrogens is 6. The van der Waals surface area contributed by atoms with E-state index < -0.39 is 5.54 Å². The molecule has 1 N–H and O–H groups in total. The van der Waals surface area contributed by atoms with Crippen molar-refractivity contribution >= 4 is 11.7 Å². The maximum absolute atomic E-state index is 12.7. The Morgan fingerprint density at radius 1 is 1.29 bits per heavy atom. The van der Waals surface area contributed by atoms with Crippen molar-refractivity contribution in [3.63, 3.8) is 0 Å². The Morgan fingerprint density at radius 2 is 2.08 bits per heavy atom. The number of carbonyl (C=O) groups is 1. The molecule has 1 saturated carbocycles. The number of rotatable bonds is 3. The summed E-state index contributed by atoms with van der Waals surface area (Å²) in [6, 6.07) is 1.81. The summed E-state index contributed by atoms with van der Waals surface area (Å²) in [6.07, 6.45) is 5.16. The topological polar surface area (TPSA) is 111 Å². The molecule has 3 aromatic rings. The van der Waals surface area contributed by atoms with Gasteiger partial charge in [-0.1, -0.05) is 18.0 Å². The zero-order valence-corrected chi connectivity index (χ0v) is 13.5. The van der Waals surface area contributed by atoms with Crippen molar-refractivity contribution in [2.24, 2.45) is 0 Å². The smallest absolute Gasteiger partial charge is 0.291 e. The van der Waals surface area contributed by atoms with Gasteiger partial charge < -0.3 is 9.84 Å². The Labute approximate surface area is 137 Å². The molecule has 0 radical (unpaired) electrons. The third-order valence-electron chi connectivity index (χ3n) is 4.40. The lowest BCUT2D eigenvalue weighted by Gasteiger charge is -2.25. The monoisotopic (exact) mass is 327 g/mol. The quantitative estimate of drug-likeness (QED) is 0.772. The van der Waals surface area contributed by atoms with E-state index in [-0.39, 0.29) is 11.7 Å². The Bertz CT molecular complexity index is 908. The number of nitrogens with zero attached hydrogens (tertiary/aromatic N) is 6. The van der Waals surface area contributed by atoms with E-state index in [2.05, 4.69) is 30.5 Å². The van der Waals surface area contributed by atoms with Crippen LogP contribution in [0.25, 0.3) is 5.78 Å². The Morgan fingerprint density at radius 3 is 2.75 bits per heavy atom. The summed E-state index contributed by atoms with van der Waals surface area (Å²) in [5.41, 5.74) is 0.241. The van der Waals surface area contributed by atoms with Crippen LogP contribution in [0.5, 0.6) is 0 Å². The predicted molar refractivity (Wildman–Crippen MR) is 82.2 cm³/mol. The molecule has 0 aliphatic heterocycles. The molecule has 0 aromatic carbocycles. The molecule has 24 heavy (non-hydrogen) atoms. The van der Waals surface area contributed by atoms with Crippen molar-refractivity contribution in [1.29, 1.82) is 0 Å². The average molecular weight is 327 g/mol. The van der Waals surface area contributed by atoms with Gasteiger partial charge in [-0.3, -0.25) is 4.79 Å². The van der Waals surface area contributed by atoms with Gasteiger partial charge in [-0.05, 0) is 25.8 Å². The highest BCUT2D eigenvalue weighted by Crippen LogP contribution is 2.37. The van der Waals surface area contributed by atoms with E-state index in [0.29, 0.717) is 17.5 Å². The van der Waals surface area contributed by atoms with Crippen molar-refractivity contribution in [1.82, 2.24) is 35.0 Å². The zero-order valence-electron chi connectivity index (χ0n) is 13.5. The van der Waals surface area contributed by atoms with E-state index in [9.17, 15) is 4.79 Å². The molecule has 1 amide bonds. The van der Waals surface area contributed by atoms with E-state index in [1.807, 2.05) is 13.0 Å². The van der Waals surface area contributed by atoms with Crippen LogP contribution in [0, 0.1) is 13.8 Å². The van der Waals surface area contributed by atoms with Gasteiger partial charge in [-0.25, -0.2) is 9.50 Å². The van der Waals surface area contributed by atoms with Crippen LogP contribution in [0.2, 0.25) is 0 Å². The standard InChI is InChI=1S/C15H17N7O2/c1-9-5-8-16-14-18-11(20-22(9)14)12(23)19-15(6-3-4-7-15)13-17-10(2)24-21-13/h5,8H,3-4,6-7H2,1-2H3,(H,19,23). The largest absolute Gasteiger partial charge is 0.340 e. The third kappa shape index (κ3) is 2.32. The van der Waals surface area contributed by atoms with Crippen molar-refractivity contribution in [2.45, 2.75) is 45.1 Å². The molecule has 124 valence electrons. The van der Waals surface area contributed by atoms with Crippen LogP contribution in [-0.2, 0) is 5.54 Å². The zero-order chi connectivity index (χ0) is 16.7. The lowest BCUT2D eigenvalue weighted by molar-refractivity contribution is 0.0881. The van der Waals surface area contributed by atoms with Crippen LogP contribution in [0.15, 0.2) is 16.8 Å². The van der Waals surface area contributed by atoms with Gasteiger partial charge in [0.25, 0.3) is 11.7 Å². The molecule has 9 heteroatoms. The fourth-order valence-corrected chi connectivity index (χ4v) is 3.15. The van der Waals surface area contributed by atoms with Crippen molar-refractivity contribution in [3.8, 4) is 0 Å². The van der Waals surface area contributed by atoms with Gasteiger partial charge in [-0.2, -0.15) is 9.97 Å². The minimum Gasteiger partial charge on any atom is -0.340 e. The van der Waals surface area contributed by atoms with E-state index >= 15 is 0 Å². The molecule has 0 bridgehead atoms. The van der Waals surface area contributed by atoms with E-state index in [4.69, 9.17) is 4.52 Å². The molecule has 1 fully saturated rings. The Balaban J connectivity index is 1.66. The highest BCUT2D eigenvalue weighted by atomic mass is 16.5. The first kappa shape index (κ1) is 14.7. The van der Waals surface area contributed by atoms with Crippen LogP contribution in [0.1, 0.15) is 53.7 Å². The summed E-state index contributed by atoms with van der Waals surface area (Å²) in [6.45, 7) is 3.62. The van der Waals surface area contributed by atoms with Crippen LogP contribution in [0.3, 0.4) is 0 Å². The van der Waals surface area contributed by atoms with Gasteiger partial charge in [0.1, 0.15) is 5.54 Å². The molecule has 4 rings (SSSR count). The average Bonchev–Trinajstić information content (AvgIpc) is 3.26. The molecule has 0 atom stereocenters. The summed E-state index contributed by atoms with van der Waals surface area (Å²) < 4.78 is 6.65. The molecule has 3 heterocycles.